The molecular weight excluding hydrogens is 431 g/mol. The number of halogens is 3. The summed E-state index contributed by atoms with van der Waals surface area (Å²) in [6, 6.07) is 17.4. The van der Waals surface area contributed by atoms with E-state index in [9.17, 15) is 18.0 Å². The topological polar surface area (TPSA) is 51.3 Å². The van der Waals surface area contributed by atoms with Crippen LogP contribution in [0.5, 0.6) is 0 Å². The van der Waals surface area contributed by atoms with Crippen LogP contribution in [-0.4, -0.2) is 22.2 Å². The highest BCUT2D eigenvalue weighted by molar-refractivity contribution is 6.06. The lowest BCUT2D eigenvalue weighted by Gasteiger charge is -2.21. The Morgan fingerprint density at radius 2 is 1.79 bits per heavy atom. The molecule has 0 saturated carbocycles. The second-order valence-electron chi connectivity index (χ2n) is 7.77. The van der Waals surface area contributed by atoms with Gasteiger partial charge in [0.25, 0.3) is 5.91 Å². The number of aromatic nitrogens is 2. The van der Waals surface area contributed by atoms with E-state index in [1.807, 2.05) is 37.3 Å². The van der Waals surface area contributed by atoms with Crippen molar-refractivity contribution in [3.05, 3.63) is 89.5 Å². The Morgan fingerprint density at radius 1 is 1.06 bits per heavy atom. The van der Waals surface area contributed by atoms with Crippen molar-refractivity contribution in [2.24, 2.45) is 0 Å². The maximum Gasteiger partial charge on any atom is 0.435 e. The number of rotatable bonds is 4. The Hall–Kier alpha value is -3.81. The highest BCUT2D eigenvalue weighted by Crippen LogP contribution is 2.42. The maximum atomic E-state index is 13.7. The first-order valence-electron chi connectivity index (χ1n) is 10.6. The minimum atomic E-state index is -4.57. The number of carbonyl (C=O) groups excluding carboxylic acids is 1. The van der Waals surface area contributed by atoms with E-state index >= 15 is 0 Å². The molecule has 1 aliphatic carbocycles. The van der Waals surface area contributed by atoms with Crippen LogP contribution in [-0.2, 0) is 19.0 Å². The molecule has 0 atom stereocenters. The van der Waals surface area contributed by atoms with Crippen molar-refractivity contribution in [3.63, 3.8) is 0 Å². The van der Waals surface area contributed by atoms with Crippen molar-refractivity contribution >= 4 is 11.6 Å². The zero-order chi connectivity index (χ0) is 23.2. The molecule has 2 aromatic heterocycles. The third-order valence-corrected chi connectivity index (χ3v) is 5.84. The van der Waals surface area contributed by atoms with E-state index in [4.69, 9.17) is 4.42 Å². The molecule has 1 aliphatic rings. The highest BCUT2D eigenvalue weighted by Gasteiger charge is 2.41. The molecule has 5 rings (SSSR count). The lowest BCUT2D eigenvalue weighted by Crippen LogP contribution is -2.30. The van der Waals surface area contributed by atoms with E-state index in [1.165, 1.54) is 10.9 Å². The van der Waals surface area contributed by atoms with Crippen LogP contribution >= 0.6 is 0 Å². The van der Waals surface area contributed by atoms with Crippen molar-refractivity contribution in [2.75, 3.05) is 11.4 Å². The first-order valence-corrected chi connectivity index (χ1v) is 10.6. The Morgan fingerprint density at radius 3 is 2.45 bits per heavy atom. The molecule has 0 spiro atoms. The number of nitrogens with zero attached hydrogens (tertiary/aromatic N) is 3. The Labute approximate surface area is 188 Å². The summed E-state index contributed by atoms with van der Waals surface area (Å²) < 4.78 is 47.9. The maximum absolute atomic E-state index is 13.7. The van der Waals surface area contributed by atoms with Crippen molar-refractivity contribution in [1.29, 1.82) is 0 Å². The normalized spacial score (nSPS) is 12.8. The molecule has 0 saturated heterocycles. The van der Waals surface area contributed by atoms with Crippen molar-refractivity contribution < 1.29 is 22.4 Å². The lowest BCUT2D eigenvalue weighted by molar-refractivity contribution is -0.142. The predicted octanol–water partition coefficient (Wildman–Crippen LogP) is 5.92. The fraction of sp³-hybridized carbons (Fsp3) is 0.200. The van der Waals surface area contributed by atoms with E-state index < -0.39 is 11.9 Å². The van der Waals surface area contributed by atoms with E-state index in [2.05, 4.69) is 5.10 Å². The molecule has 168 valence electrons. The van der Waals surface area contributed by atoms with Gasteiger partial charge in [0.2, 0.25) is 0 Å². The molecule has 0 unspecified atom stereocenters. The van der Waals surface area contributed by atoms with E-state index in [-0.39, 0.29) is 17.9 Å². The number of alkyl halides is 3. The van der Waals surface area contributed by atoms with Gasteiger partial charge in [-0.15, -0.1) is 0 Å². The fourth-order valence-corrected chi connectivity index (χ4v) is 4.31. The zero-order valence-electron chi connectivity index (χ0n) is 17.8. The monoisotopic (exact) mass is 451 g/mol. The van der Waals surface area contributed by atoms with Crippen LogP contribution in [0.3, 0.4) is 0 Å². The van der Waals surface area contributed by atoms with Crippen molar-refractivity contribution in [1.82, 2.24) is 9.78 Å². The van der Waals surface area contributed by atoms with Crippen molar-refractivity contribution in [2.45, 2.75) is 25.9 Å². The van der Waals surface area contributed by atoms with Crippen LogP contribution in [0.2, 0.25) is 0 Å². The SMILES string of the molecule is CCN(C(=O)c1ccc(-n2nc(C(F)(F)F)c3c2-c2ccoc2CC3)cc1)c1ccccc1. The molecule has 8 heteroatoms. The number of fused-ring (bicyclic) bond motifs is 3. The molecule has 33 heavy (non-hydrogen) atoms. The van der Waals surface area contributed by atoms with Gasteiger partial charge in [0.15, 0.2) is 5.69 Å². The molecule has 0 aliphatic heterocycles. The largest absolute Gasteiger partial charge is 0.469 e. The number of anilines is 1. The number of hydrogen-bond donors (Lipinski definition) is 0. The fourth-order valence-electron chi connectivity index (χ4n) is 4.31. The minimum Gasteiger partial charge on any atom is -0.469 e. The molecule has 5 nitrogen and oxygen atoms in total. The Kier molecular flexibility index (Phi) is 5.08. The molecule has 0 radical (unpaired) electrons. The second kappa shape index (κ2) is 7.95. The first kappa shape index (κ1) is 21.1. The van der Waals surface area contributed by atoms with Crippen LogP contribution < -0.4 is 4.90 Å². The van der Waals surface area contributed by atoms with Gasteiger partial charge < -0.3 is 9.32 Å². The summed E-state index contributed by atoms with van der Waals surface area (Å²) in [7, 11) is 0. The second-order valence-corrected chi connectivity index (χ2v) is 7.77. The Balaban J connectivity index is 1.54. The van der Waals surface area contributed by atoms with Gasteiger partial charge in [0.1, 0.15) is 5.76 Å². The zero-order valence-corrected chi connectivity index (χ0v) is 17.8. The molecule has 0 N–H and O–H groups in total. The first-order chi connectivity index (χ1) is 15.9. The van der Waals surface area contributed by atoms with E-state index in [0.29, 0.717) is 41.2 Å². The van der Waals surface area contributed by atoms with Crippen LogP contribution in [0.1, 0.15) is 34.3 Å². The van der Waals surface area contributed by atoms with Crippen LogP contribution in [0.25, 0.3) is 16.9 Å². The number of benzene rings is 2. The molecule has 2 heterocycles. The number of aryl methyl sites for hydroxylation is 1. The van der Waals surface area contributed by atoms with Crippen molar-refractivity contribution in [3.8, 4) is 16.9 Å². The van der Waals surface area contributed by atoms with Gasteiger partial charge in [-0.05, 0) is 55.8 Å². The highest BCUT2D eigenvalue weighted by atomic mass is 19.4. The summed E-state index contributed by atoms with van der Waals surface area (Å²) in [6.07, 6.45) is -2.49. The molecule has 0 fully saturated rings. The summed E-state index contributed by atoms with van der Waals surface area (Å²) in [6.45, 7) is 2.37. The molecule has 2 aromatic carbocycles. The van der Waals surface area contributed by atoms with E-state index in [0.717, 1.165) is 5.69 Å². The third-order valence-electron chi connectivity index (χ3n) is 5.84. The Bertz CT molecular complexity index is 1310. The summed E-state index contributed by atoms with van der Waals surface area (Å²) in [5, 5.41) is 3.94. The van der Waals surface area contributed by atoms with Gasteiger partial charge in [0, 0.05) is 35.3 Å². The molecule has 1 amide bonds. The number of amides is 1. The molecule has 0 bridgehead atoms. The average molecular weight is 451 g/mol. The summed E-state index contributed by atoms with van der Waals surface area (Å²) in [5.74, 6) is 0.455. The summed E-state index contributed by atoms with van der Waals surface area (Å²) >= 11 is 0. The molecule has 4 aromatic rings. The van der Waals surface area contributed by atoms with Crippen LogP contribution in [0.4, 0.5) is 18.9 Å². The van der Waals surface area contributed by atoms with Gasteiger partial charge in [-0.1, -0.05) is 18.2 Å². The summed E-state index contributed by atoms with van der Waals surface area (Å²) in [5.41, 5.74) is 1.93. The average Bonchev–Trinajstić information content (AvgIpc) is 3.44. The van der Waals surface area contributed by atoms with E-state index in [1.54, 1.807) is 35.2 Å². The van der Waals surface area contributed by atoms with Gasteiger partial charge in [-0.3, -0.25) is 4.79 Å². The van der Waals surface area contributed by atoms with Gasteiger partial charge in [-0.25, -0.2) is 4.68 Å². The molecular formula is C25H20F3N3O2. The predicted molar refractivity (Wildman–Crippen MR) is 117 cm³/mol. The van der Waals surface area contributed by atoms with Gasteiger partial charge >= 0.3 is 6.18 Å². The van der Waals surface area contributed by atoms with Crippen LogP contribution in [0.15, 0.2) is 71.3 Å². The standard InChI is InChI=1S/C25H20F3N3O2/c1-2-30(17-6-4-3-5-7-17)24(32)16-8-10-18(11-9-16)31-22-19-14-15-33-21(19)13-12-20(22)23(29-31)25(26,27)28/h3-11,14-15H,2,12-13H2,1H3. The number of para-hydroxylation sites is 1. The van der Waals surface area contributed by atoms with Gasteiger partial charge in [0.05, 0.1) is 17.6 Å². The number of hydrogen-bond acceptors (Lipinski definition) is 3. The summed E-state index contributed by atoms with van der Waals surface area (Å²) in [4.78, 5) is 14.7. The third kappa shape index (κ3) is 3.61. The minimum absolute atomic E-state index is 0.165. The van der Waals surface area contributed by atoms with Gasteiger partial charge in [-0.2, -0.15) is 18.3 Å². The number of carbonyl (C=O) groups is 1. The lowest BCUT2D eigenvalue weighted by atomic mass is 9.94. The van der Waals surface area contributed by atoms with Crippen LogP contribution in [0, 0.1) is 0 Å². The smallest absolute Gasteiger partial charge is 0.435 e. The number of furan rings is 1. The quantitative estimate of drug-likeness (QED) is 0.387.